The number of fused-ring (bicyclic) bond motifs is 3. The summed E-state index contributed by atoms with van der Waals surface area (Å²) in [5.41, 5.74) is 7.64. The van der Waals surface area contributed by atoms with E-state index in [2.05, 4.69) is 53.6 Å². The van der Waals surface area contributed by atoms with Gasteiger partial charge < -0.3 is 19.9 Å². The third kappa shape index (κ3) is 3.60. The normalized spacial score (nSPS) is 15.5. The zero-order valence-electron chi connectivity index (χ0n) is 18.6. The van der Waals surface area contributed by atoms with Gasteiger partial charge in [0.1, 0.15) is 5.75 Å². The van der Waals surface area contributed by atoms with Crippen molar-refractivity contribution in [3.05, 3.63) is 94.7 Å². The van der Waals surface area contributed by atoms with E-state index in [1.807, 2.05) is 42.2 Å². The van der Waals surface area contributed by atoms with Crippen molar-refractivity contribution in [3.8, 4) is 5.75 Å². The highest BCUT2D eigenvalue weighted by Gasteiger charge is 2.34. The molecule has 1 aliphatic rings. The molecule has 0 aliphatic carbocycles. The standard InChI is InChI=1S/C27H27N3O2/c1-17-4-8-19(9-5-17)26-25-22(23-16-21(32-3)12-13-24(23)29-25)14-15-30(26)27(31)28-20-10-6-18(2)7-11-20/h4-13,16,26,29H,14-15H2,1-3H3,(H,28,31). The number of carbonyl (C=O) groups is 1. The van der Waals surface area contributed by atoms with E-state index in [-0.39, 0.29) is 12.1 Å². The average molecular weight is 426 g/mol. The number of aromatic nitrogens is 1. The maximum Gasteiger partial charge on any atom is 0.322 e. The fourth-order valence-electron chi connectivity index (χ4n) is 4.54. The fourth-order valence-corrected chi connectivity index (χ4v) is 4.54. The number of hydrogen-bond donors (Lipinski definition) is 2. The van der Waals surface area contributed by atoms with Crippen LogP contribution in [0.3, 0.4) is 0 Å². The Labute approximate surface area is 188 Å². The SMILES string of the molecule is COc1ccc2[nH]c3c(c2c1)CCN(C(=O)Nc1ccc(C)cc1)C3c1ccc(C)cc1. The van der Waals surface area contributed by atoms with Crippen molar-refractivity contribution in [2.24, 2.45) is 0 Å². The molecule has 0 bridgehead atoms. The van der Waals surface area contributed by atoms with E-state index >= 15 is 0 Å². The van der Waals surface area contributed by atoms with Crippen molar-refractivity contribution >= 4 is 22.6 Å². The number of aryl methyl sites for hydroxylation is 2. The average Bonchev–Trinajstić information content (AvgIpc) is 3.18. The molecule has 5 heteroatoms. The zero-order chi connectivity index (χ0) is 22.2. The number of nitrogens with one attached hydrogen (secondary N) is 2. The number of benzene rings is 3. The molecular weight excluding hydrogens is 398 g/mol. The highest BCUT2D eigenvalue weighted by Crippen LogP contribution is 2.39. The van der Waals surface area contributed by atoms with Crippen molar-refractivity contribution in [2.75, 3.05) is 19.0 Å². The minimum absolute atomic E-state index is 0.0960. The first-order chi connectivity index (χ1) is 15.5. The molecule has 1 aromatic heterocycles. The predicted molar refractivity (Wildman–Crippen MR) is 128 cm³/mol. The summed E-state index contributed by atoms with van der Waals surface area (Å²) in [7, 11) is 1.69. The van der Waals surface area contributed by atoms with E-state index in [9.17, 15) is 4.79 Å². The van der Waals surface area contributed by atoms with E-state index in [0.717, 1.165) is 45.6 Å². The molecule has 1 atom stereocenters. The molecule has 1 aliphatic heterocycles. The van der Waals surface area contributed by atoms with Crippen LogP contribution in [0.25, 0.3) is 10.9 Å². The number of carbonyl (C=O) groups excluding carboxylic acids is 1. The summed E-state index contributed by atoms with van der Waals surface area (Å²) in [6, 6.07) is 22.2. The van der Waals surface area contributed by atoms with Gasteiger partial charge in [-0.1, -0.05) is 47.5 Å². The van der Waals surface area contributed by atoms with Crippen LogP contribution < -0.4 is 10.1 Å². The Morgan fingerprint density at radius 3 is 2.38 bits per heavy atom. The van der Waals surface area contributed by atoms with Crippen molar-refractivity contribution in [1.82, 2.24) is 9.88 Å². The molecule has 0 saturated carbocycles. The molecule has 1 unspecified atom stereocenters. The Morgan fingerprint density at radius 2 is 1.69 bits per heavy atom. The maximum absolute atomic E-state index is 13.4. The van der Waals surface area contributed by atoms with Gasteiger partial charge in [0.05, 0.1) is 13.2 Å². The minimum atomic E-state index is -0.191. The number of anilines is 1. The van der Waals surface area contributed by atoms with Gasteiger partial charge in [-0.15, -0.1) is 0 Å². The Morgan fingerprint density at radius 1 is 1.00 bits per heavy atom. The van der Waals surface area contributed by atoms with Crippen molar-refractivity contribution in [2.45, 2.75) is 26.3 Å². The molecule has 5 nitrogen and oxygen atoms in total. The number of urea groups is 1. The van der Waals surface area contributed by atoms with Crippen LogP contribution in [0.4, 0.5) is 10.5 Å². The molecule has 0 saturated heterocycles. The van der Waals surface area contributed by atoms with E-state index in [1.165, 1.54) is 11.1 Å². The van der Waals surface area contributed by atoms with Gasteiger partial charge in [-0.2, -0.15) is 0 Å². The Balaban J connectivity index is 1.57. The number of H-pyrrole nitrogens is 1. The Kier molecular flexibility index (Phi) is 5.10. The molecule has 32 heavy (non-hydrogen) atoms. The quantitative estimate of drug-likeness (QED) is 0.425. The van der Waals surface area contributed by atoms with Crippen LogP contribution in [0.15, 0.2) is 66.7 Å². The second kappa shape index (κ2) is 8.08. The number of rotatable bonds is 3. The van der Waals surface area contributed by atoms with Crippen LogP contribution in [0, 0.1) is 13.8 Å². The van der Waals surface area contributed by atoms with Crippen LogP contribution in [0.5, 0.6) is 5.75 Å². The van der Waals surface area contributed by atoms with E-state index in [1.54, 1.807) is 7.11 Å². The van der Waals surface area contributed by atoms with Crippen LogP contribution in [-0.2, 0) is 6.42 Å². The number of hydrogen-bond acceptors (Lipinski definition) is 2. The second-order valence-corrected chi connectivity index (χ2v) is 8.48. The lowest BCUT2D eigenvalue weighted by Crippen LogP contribution is -2.43. The molecule has 0 fully saturated rings. The van der Waals surface area contributed by atoms with Gasteiger partial charge >= 0.3 is 6.03 Å². The first kappa shape index (κ1) is 20.2. The monoisotopic (exact) mass is 425 g/mol. The number of amides is 2. The summed E-state index contributed by atoms with van der Waals surface area (Å²) in [4.78, 5) is 18.9. The molecule has 4 aromatic rings. The summed E-state index contributed by atoms with van der Waals surface area (Å²) < 4.78 is 5.45. The molecule has 0 spiro atoms. The molecule has 3 aromatic carbocycles. The molecular formula is C27H27N3O2. The van der Waals surface area contributed by atoms with Crippen LogP contribution in [0.1, 0.15) is 34.0 Å². The molecule has 0 radical (unpaired) electrons. The lowest BCUT2D eigenvalue weighted by molar-refractivity contribution is 0.193. The van der Waals surface area contributed by atoms with Crippen LogP contribution in [0.2, 0.25) is 0 Å². The van der Waals surface area contributed by atoms with Gasteiger partial charge in [0.2, 0.25) is 0 Å². The number of methoxy groups -OCH3 is 1. The fraction of sp³-hybridized carbons (Fsp3) is 0.222. The summed E-state index contributed by atoms with van der Waals surface area (Å²) in [5.74, 6) is 0.839. The summed E-state index contributed by atoms with van der Waals surface area (Å²) in [6.45, 7) is 4.75. The first-order valence-electron chi connectivity index (χ1n) is 10.9. The predicted octanol–water partition coefficient (Wildman–Crippen LogP) is 5.97. The van der Waals surface area contributed by atoms with E-state index < -0.39 is 0 Å². The van der Waals surface area contributed by atoms with Crippen LogP contribution in [-0.4, -0.2) is 29.6 Å². The van der Waals surface area contributed by atoms with Gasteiger partial charge in [-0.25, -0.2) is 4.79 Å². The second-order valence-electron chi connectivity index (χ2n) is 8.48. The number of ether oxygens (including phenoxy) is 1. The van der Waals surface area contributed by atoms with Gasteiger partial charge in [-0.3, -0.25) is 0 Å². The Hall–Kier alpha value is -3.73. The van der Waals surface area contributed by atoms with Gasteiger partial charge in [-0.05, 0) is 61.7 Å². The topological polar surface area (TPSA) is 57.4 Å². The molecule has 2 heterocycles. The van der Waals surface area contributed by atoms with Gasteiger partial charge in [0.15, 0.2) is 0 Å². The molecule has 162 valence electrons. The first-order valence-corrected chi connectivity index (χ1v) is 10.9. The lowest BCUT2D eigenvalue weighted by Gasteiger charge is -2.36. The molecule has 2 amide bonds. The number of nitrogens with zero attached hydrogens (tertiary/aromatic N) is 1. The smallest absolute Gasteiger partial charge is 0.322 e. The van der Waals surface area contributed by atoms with Gasteiger partial charge in [0.25, 0.3) is 0 Å². The third-order valence-corrected chi connectivity index (χ3v) is 6.29. The van der Waals surface area contributed by atoms with Crippen LogP contribution >= 0.6 is 0 Å². The highest BCUT2D eigenvalue weighted by molar-refractivity contribution is 5.92. The minimum Gasteiger partial charge on any atom is -0.497 e. The summed E-state index contributed by atoms with van der Waals surface area (Å²) in [6.07, 6.45) is 0.784. The van der Waals surface area contributed by atoms with E-state index in [4.69, 9.17) is 4.74 Å². The summed E-state index contributed by atoms with van der Waals surface area (Å²) >= 11 is 0. The maximum atomic E-state index is 13.4. The Bertz CT molecular complexity index is 1270. The largest absolute Gasteiger partial charge is 0.497 e. The molecule has 5 rings (SSSR count). The molecule has 2 N–H and O–H groups in total. The third-order valence-electron chi connectivity index (χ3n) is 6.29. The zero-order valence-corrected chi connectivity index (χ0v) is 18.6. The van der Waals surface area contributed by atoms with Crippen molar-refractivity contribution in [1.29, 1.82) is 0 Å². The highest BCUT2D eigenvalue weighted by atomic mass is 16.5. The van der Waals surface area contributed by atoms with Gasteiger partial charge in [0, 0.05) is 28.8 Å². The summed E-state index contributed by atoms with van der Waals surface area (Å²) in [5, 5.41) is 4.25. The lowest BCUT2D eigenvalue weighted by atomic mass is 9.92. The van der Waals surface area contributed by atoms with Crippen molar-refractivity contribution < 1.29 is 9.53 Å². The van der Waals surface area contributed by atoms with E-state index in [0.29, 0.717) is 6.54 Å². The van der Waals surface area contributed by atoms with Crippen molar-refractivity contribution in [3.63, 3.8) is 0 Å². The number of aromatic amines is 1.